The fourth-order valence-corrected chi connectivity index (χ4v) is 5.14. The van der Waals surface area contributed by atoms with Crippen LogP contribution >= 0.6 is 0 Å². The van der Waals surface area contributed by atoms with Gasteiger partial charge in [-0.2, -0.15) is 0 Å². The van der Waals surface area contributed by atoms with Crippen LogP contribution in [0.5, 0.6) is 11.5 Å². The van der Waals surface area contributed by atoms with E-state index in [1.165, 1.54) is 6.42 Å². The number of amides is 1. The number of benzene rings is 1. The first-order valence-electron chi connectivity index (χ1n) is 13.7. The van der Waals surface area contributed by atoms with E-state index in [-0.39, 0.29) is 31.1 Å². The lowest BCUT2D eigenvalue weighted by atomic mass is 9.81. The highest BCUT2D eigenvalue weighted by Crippen LogP contribution is 2.42. The number of aliphatic hydroxyl groups is 1. The van der Waals surface area contributed by atoms with Crippen LogP contribution < -0.4 is 9.47 Å². The van der Waals surface area contributed by atoms with E-state index in [0.29, 0.717) is 51.0 Å². The molecule has 4 rings (SSSR count). The topological polar surface area (TPSA) is 95.9 Å². The molecule has 0 radical (unpaired) electrons. The fourth-order valence-electron chi connectivity index (χ4n) is 5.14. The Morgan fingerprint density at radius 2 is 1.73 bits per heavy atom. The SMILES string of the molecule is CCO[C@@H]1OC(C(=O)N2CCCCCCC2)=C[C@H](c2ccc3c(c2)OCO3)[C@H]1CCOCCOCCO. The smallest absolute Gasteiger partial charge is 0.288 e. The van der Waals surface area contributed by atoms with Gasteiger partial charge in [-0.1, -0.05) is 25.3 Å². The third-order valence-corrected chi connectivity index (χ3v) is 7.05. The van der Waals surface area contributed by atoms with Crippen molar-refractivity contribution in [3.05, 3.63) is 35.6 Å². The molecule has 3 aliphatic heterocycles. The lowest BCUT2D eigenvalue weighted by Crippen LogP contribution is -2.41. The molecule has 9 nitrogen and oxygen atoms in total. The maximum absolute atomic E-state index is 13.6. The molecule has 0 unspecified atom stereocenters. The van der Waals surface area contributed by atoms with Crippen LogP contribution in [-0.2, 0) is 23.7 Å². The van der Waals surface area contributed by atoms with Crippen molar-refractivity contribution >= 4 is 5.91 Å². The summed E-state index contributed by atoms with van der Waals surface area (Å²) in [6.07, 6.45) is 7.62. The van der Waals surface area contributed by atoms with Gasteiger partial charge < -0.3 is 38.4 Å². The van der Waals surface area contributed by atoms with Gasteiger partial charge in [0, 0.05) is 38.1 Å². The van der Waals surface area contributed by atoms with Gasteiger partial charge in [0.25, 0.3) is 5.91 Å². The maximum atomic E-state index is 13.6. The summed E-state index contributed by atoms with van der Waals surface area (Å²) in [7, 11) is 0. The Bertz CT molecular complexity index is 883. The quantitative estimate of drug-likeness (QED) is 0.419. The largest absolute Gasteiger partial charge is 0.459 e. The molecule has 3 atom stereocenters. The first kappa shape index (κ1) is 27.7. The molecule has 0 aliphatic carbocycles. The zero-order valence-corrected chi connectivity index (χ0v) is 21.9. The lowest BCUT2D eigenvalue weighted by molar-refractivity contribution is -0.172. The predicted molar refractivity (Wildman–Crippen MR) is 136 cm³/mol. The summed E-state index contributed by atoms with van der Waals surface area (Å²) in [4.78, 5) is 15.5. The van der Waals surface area contributed by atoms with Crippen LogP contribution in [0.1, 0.15) is 56.9 Å². The van der Waals surface area contributed by atoms with E-state index >= 15 is 0 Å². The zero-order chi connectivity index (χ0) is 25.9. The lowest BCUT2D eigenvalue weighted by Gasteiger charge is -2.38. The van der Waals surface area contributed by atoms with E-state index < -0.39 is 6.29 Å². The molecule has 0 spiro atoms. The van der Waals surface area contributed by atoms with E-state index in [1.54, 1.807) is 0 Å². The molecule has 0 aromatic heterocycles. The number of fused-ring (bicyclic) bond motifs is 1. The number of ether oxygens (including phenoxy) is 6. The zero-order valence-electron chi connectivity index (χ0n) is 21.9. The van der Waals surface area contributed by atoms with E-state index in [0.717, 1.165) is 50.1 Å². The van der Waals surface area contributed by atoms with Crippen molar-refractivity contribution in [3.63, 3.8) is 0 Å². The number of rotatable bonds is 12. The Labute approximate surface area is 219 Å². The van der Waals surface area contributed by atoms with Gasteiger partial charge in [-0.3, -0.25) is 4.79 Å². The normalized spacial score (nSPS) is 23.7. The molecule has 1 aromatic rings. The van der Waals surface area contributed by atoms with Crippen LogP contribution in [-0.4, -0.2) is 81.7 Å². The van der Waals surface area contributed by atoms with Gasteiger partial charge in [0.15, 0.2) is 17.3 Å². The summed E-state index contributed by atoms with van der Waals surface area (Å²) in [6, 6.07) is 5.94. The van der Waals surface area contributed by atoms with Crippen LogP contribution in [0.2, 0.25) is 0 Å². The summed E-state index contributed by atoms with van der Waals surface area (Å²) >= 11 is 0. The highest BCUT2D eigenvalue weighted by atomic mass is 16.7. The number of carbonyl (C=O) groups is 1. The standard InChI is InChI=1S/C28H41NO8/c1-2-34-28-22(10-14-32-16-17-33-15-13-30)23(21-8-9-24-25(18-21)36-20-35-24)19-26(37-28)27(31)29-11-6-4-3-5-7-12-29/h8-9,18-19,22-23,28,30H,2-7,10-17,20H2,1H3/t22-,23-,28-/m1/s1. The molecule has 37 heavy (non-hydrogen) atoms. The van der Waals surface area contributed by atoms with Crippen LogP contribution in [0.25, 0.3) is 0 Å². The second-order valence-corrected chi connectivity index (χ2v) is 9.57. The molecule has 1 N–H and O–H groups in total. The van der Waals surface area contributed by atoms with Crippen molar-refractivity contribution in [2.75, 3.05) is 59.5 Å². The third-order valence-electron chi connectivity index (χ3n) is 7.05. The number of allylic oxidation sites excluding steroid dienone is 1. The third kappa shape index (κ3) is 7.60. The van der Waals surface area contributed by atoms with E-state index in [2.05, 4.69) is 0 Å². The minimum atomic E-state index is -0.576. The van der Waals surface area contributed by atoms with Crippen LogP contribution in [0.15, 0.2) is 30.0 Å². The Hall–Kier alpha value is -2.33. The van der Waals surface area contributed by atoms with Crippen molar-refractivity contribution in [3.8, 4) is 11.5 Å². The number of hydrogen-bond donors (Lipinski definition) is 1. The Morgan fingerprint density at radius 1 is 1.00 bits per heavy atom. The van der Waals surface area contributed by atoms with Crippen LogP contribution in [0, 0.1) is 5.92 Å². The molecule has 1 saturated heterocycles. The average molecular weight is 520 g/mol. The molecule has 0 saturated carbocycles. The number of carbonyl (C=O) groups excluding carboxylic acids is 1. The Morgan fingerprint density at radius 3 is 2.49 bits per heavy atom. The molecule has 3 heterocycles. The maximum Gasteiger partial charge on any atom is 0.288 e. The molecular weight excluding hydrogens is 478 g/mol. The number of hydrogen-bond acceptors (Lipinski definition) is 8. The van der Waals surface area contributed by atoms with E-state index in [1.807, 2.05) is 36.1 Å². The van der Waals surface area contributed by atoms with Crippen molar-refractivity contribution in [2.24, 2.45) is 5.92 Å². The molecule has 206 valence electrons. The molecular formula is C28H41NO8. The van der Waals surface area contributed by atoms with Gasteiger partial charge in [-0.25, -0.2) is 0 Å². The van der Waals surface area contributed by atoms with Gasteiger partial charge in [0.05, 0.1) is 26.4 Å². The Balaban J connectivity index is 1.54. The highest BCUT2D eigenvalue weighted by molar-refractivity contribution is 5.91. The van der Waals surface area contributed by atoms with Gasteiger partial charge in [-0.05, 0) is 50.0 Å². The minimum Gasteiger partial charge on any atom is -0.459 e. The number of aliphatic hydroxyl groups excluding tert-OH is 1. The second-order valence-electron chi connectivity index (χ2n) is 9.57. The number of nitrogens with zero attached hydrogens (tertiary/aromatic N) is 1. The first-order chi connectivity index (χ1) is 18.2. The minimum absolute atomic E-state index is 0.00250. The van der Waals surface area contributed by atoms with Crippen LogP contribution in [0.3, 0.4) is 0 Å². The highest BCUT2D eigenvalue weighted by Gasteiger charge is 2.39. The Kier molecular flexibility index (Phi) is 10.9. The van der Waals surface area contributed by atoms with E-state index in [4.69, 9.17) is 33.5 Å². The number of likely N-dealkylation sites (tertiary alicyclic amines) is 1. The van der Waals surface area contributed by atoms with Gasteiger partial charge in [0.2, 0.25) is 13.1 Å². The molecule has 9 heteroatoms. The second kappa shape index (κ2) is 14.6. The molecule has 1 aromatic carbocycles. The van der Waals surface area contributed by atoms with E-state index in [9.17, 15) is 4.79 Å². The summed E-state index contributed by atoms with van der Waals surface area (Å²) < 4.78 is 34.6. The van der Waals surface area contributed by atoms with Crippen molar-refractivity contribution in [1.82, 2.24) is 4.90 Å². The van der Waals surface area contributed by atoms with Gasteiger partial charge in [0.1, 0.15) is 0 Å². The molecule has 3 aliphatic rings. The van der Waals surface area contributed by atoms with Crippen molar-refractivity contribution < 1.29 is 38.3 Å². The average Bonchev–Trinajstić information content (AvgIpc) is 3.36. The summed E-state index contributed by atoms with van der Waals surface area (Å²) in [5, 5.41) is 8.84. The van der Waals surface area contributed by atoms with Gasteiger partial charge >= 0.3 is 0 Å². The summed E-state index contributed by atoms with van der Waals surface area (Å²) in [6.45, 7) is 5.77. The molecule has 1 fully saturated rings. The molecule has 1 amide bonds. The summed E-state index contributed by atoms with van der Waals surface area (Å²) in [5.41, 5.74) is 1.02. The summed E-state index contributed by atoms with van der Waals surface area (Å²) in [5.74, 6) is 1.54. The van der Waals surface area contributed by atoms with Gasteiger partial charge in [-0.15, -0.1) is 0 Å². The van der Waals surface area contributed by atoms with Crippen molar-refractivity contribution in [2.45, 2.75) is 57.7 Å². The van der Waals surface area contributed by atoms with Crippen LogP contribution in [0.4, 0.5) is 0 Å². The predicted octanol–water partition coefficient (Wildman–Crippen LogP) is 3.60. The fraction of sp³-hybridized carbons (Fsp3) is 0.679. The molecule has 0 bridgehead atoms. The van der Waals surface area contributed by atoms with Crippen molar-refractivity contribution in [1.29, 1.82) is 0 Å². The monoisotopic (exact) mass is 519 g/mol. The first-order valence-corrected chi connectivity index (χ1v) is 13.7.